The Morgan fingerprint density at radius 2 is 2.00 bits per heavy atom. The van der Waals surface area contributed by atoms with Crippen molar-refractivity contribution in [2.75, 3.05) is 11.9 Å². The Morgan fingerprint density at radius 3 is 2.63 bits per heavy atom. The molecule has 3 aromatic rings. The van der Waals surface area contributed by atoms with Crippen LogP contribution in [0, 0.1) is 6.92 Å². The molecule has 2 aromatic heterocycles. The molecule has 3 rings (SSSR count). The van der Waals surface area contributed by atoms with Crippen LogP contribution in [0.3, 0.4) is 0 Å². The number of ether oxygens (including phenoxy) is 2. The number of hydrogen-bond donors (Lipinski definition) is 1. The van der Waals surface area contributed by atoms with Gasteiger partial charge < -0.3 is 14.8 Å². The lowest BCUT2D eigenvalue weighted by Gasteiger charge is -2.13. The van der Waals surface area contributed by atoms with E-state index >= 15 is 0 Å². The van der Waals surface area contributed by atoms with Gasteiger partial charge in [-0.05, 0) is 43.6 Å². The summed E-state index contributed by atoms with van der Waals surface area (Å²) in [4.78, 5) is 16.6. The first-order valence-electron chi connectivity index (χ1n) is 8.56. The van der Waals surface area contributed by atoms with E-state index in [2.05, 4.69) is 20.1 Å². The molecule has 12 heteroatoms. The van der Waals surface area contributed by atoms with Crippen LogP contribution in [0.5, 0.6) is 11.5 Å². The number of carbonyl (C=O) groups excluding carboxylic acids is 1. The molecule has 0 bridgehead atoms. The smallest absolute Gasteiger partial charge is 0.387 e. The van der Waals surface area contributed by atoms with Crippen LogP contribution >= 0.6 is 11.6 Å². The van der Waals surface area contributed by atoms with E-state index in [1.54, 1.807) is 6.92 Å². The summed E-state index contributed by atoms with van der Waals surface area (Å²) in [5.41, 5.74) is -0.389. The third-order valence-corrected chi connectivity index (χ3v) is 3.99. The van der Waals surface area contributed by atoms with Gasteiger partial charge in [0, 0.05) is 23.5 Å². The number of fused-ring (bicyclic) bond motifs is 1. The van der Waals surface area contributed by atoms with Gasteiger partial charge in [0.25, 0.3) is 5.91 Å². The van der Waals surface area contributed by atoms with Crippen molar-refractivity contribution >= 4 is 28.8 Å². The summed E-state index contributed by atoms with van der Waals surface area (Å²) in [6.45, 7) is 0.266. The minimum absolute atomic E-state index is 0.00571. The molecular weight excluding hydrogens is 432 g/mol. The summed E-state index contributed by atoms with van der Waals surface area (Å²) in [6.07, 6.45) is 0. The van der Waals surface area contributed by atoms with Crippen molar-refractivity contribution in [2.24, 2.45) is 0 Å². The summed E-state index contributed by atoms with van der Waals surface area (Å²) in [5, 5.41) is 2.62. The van der Waals surface area contributed by atoms with E-state index < -0.39 is 23.6 Å². The van der Waals surface area contributed by atoms with Crippen LogP contribution in [-0.2, 0) is 5.38 Å². The molecular formula is C18H15ClF4N4O3. The summed E-state index contributed by atoms with van der Waals surface area (Å²) in [5.74, 6) is -0.954. The van der Waals surface area contributed by atoms with Crippen LogP contribution < -0.4 is 14.8 Å². The fourth-order valence-electron chi connectivity index (χ4n) is 2.66. The Morgan fingerprint density at radius 1 is 1.27 bits per heavy atom. The SMILES string of the molecule is CCOc1cc(NC(=O)c2cc3nc(C)cc(C(F)(F)Cl)n3n2)ccc1OC(F)F. The number of aromatic nitrogens is 3. The van der Waals surface area contributed by atoms with Gasteiger partial charge in [-0.25, -0.2) is 9.50 Å². The number of amides is 1. The molecule has 1 N–H and O–H groups in total. The Bertz CT molecular complexity index is 1090. The van der Waals surface area contributed by atoms with Crippen LogP contribution in [0.15, 0.2) is 30.3 Å². The van der Waals surface area contributed by atoms with Crippen molar-refractivity contribution in [3.05, 3.63) is 47.4 Å². The van der Waals surface area contributed by atoms with Crippen LogP contribution in [0.25, 0.3) is 5.65 Å². The first-order valence-corrected chi connectivity index (χ1v) is 8.94. The van der Waals surface area contributed by atoms with Gasteiger partial charge in [0.05, 0.1) is 6.61 Å². The molecule has 0 fully saturated rings. The molecule has 1 aromatic carbocycles. The van der Waals surface area contributed by atoms with Gasteiger partial charge in [0.15, 0.2) is 22.8 Å². The quantitative estimate of drug-likeness (QED) is 0.424. The number of carbonyl (C=O) groups is 1. The number of benzene rings is 1. The predicted molar refractivity (Wildman–Crippen MR) is 99.7 cm³/mol. The lowest BCUT2D eigenvalue weighted by Crippen LogP contribution is -2.15. The zero-order chi connectivity index (χ0) is 22.1. The van der Waals surface area contributed by atoms with E-state index in [-0.39, 0.29) is 40.8 Å². The maximum Gasteiger partial charge on any atom is 0.387 e. The Balaban J connectivity index is 1.91. The highest BCUT2D eigenvalue weighted by molar-refractivity contribution is 6.21. The van der Waals surface area contributed by atoms with E-state index in [4.69, 9.17) is 16.3 Å². The molecule has 0 saturated carbocycles. The lowest BCUT2D eigenvalue weighted by molar-refractivity contribution is -0.0514. The van der Waals surface area contributed by atoms with Gasteiger partial charge in [-0.15, -0.1) is 0 Å². The lowest BCUT2D eigenvalue weighted by atomic mass is 10.2. The predicted octanol–water partition coefficient (Wildman–Crippen LogP) is 4.58. The van der Waals surface area contributed by atoms with Crippen LogP contribution in [0.4, 0.5) is 23.2 Å². The zero-order valence-electron chi connectivity index (χ0n) is 15.6. The topological polar surface area (TPSA) is 77.8 Å². The Labute approximate surface area is 172 Å². The Kier molecular flexibility index (Phi) is 6.01. The maximum atomic E-state index is 13.7. The Hall–Kier alpha value is -3.08. The molecule has 0 atom stereocenters. The molecule has 0 spiro atoms. The zero-order valence-corrected chi connectivity index (χ0v) is 16.4. The van der Waals surface area contributed by atoms with E-state index in [9.17, 15) is 22.4 Å². The monoisotopic (exact) mass is 446 g/mol. The molecule has 0 aliphatic rings. The number of anilines is 1. The highest BCUT2D eigenvalue weighted by Crippen LogP contribution is 2.33. The molecule has 0 radical (unpaired) electrons. The van der Waals surface area contributed by atoms with Gasteiger partial charge in [0.2, 0.25) is 0 Å². The van der Waals surface area contributed by atoms with Crippen molar-refractivity contribution in [3.63, 3.8) is 0 Å². The largest absolute Gasteiger partial charge is 0.490 e. The molecule has 1 amide bonds. The van der Waals surface area contributed by atoms with Crippen molar-refractivity contribution < 1.29 is 31.8 Å². The van der Waals surface area contributed by atoms with Gasteiger partial charge in [-0.2, -0.15) is 22.7 Å². The average Bonchev–Trinajstić information content (AvgIpc) is 3.06. The van der Waals surface area contributed by atoms with Gasteiger partial charge in [0.1, 0.15) is 5.69 Å². The van der Waals surface area contributed by atoms with E-state index in [1.165, 1.54) is 31.2 Å². The highest BCUT2D eigenvalue weighted by Gasteiger charge is 2.32. The third kappa shape index (κ3) is 4.73. The van der Waals surface area contributed by atoms with Crippen LogP contribution in [-0.4, -0.2) is 33.7 Å². The molecule has 30 heavy (non-hydrogen) atoms. The van der Waals surface area contributed by atoms with Crippen molar-refractivity contribution in [1.82, 2.24) is 14.6 Å². The second kappa shape index (κ2) is 8.34. The molecule has 0 saturated heterocycles. The minimum Gasteiger partial charge on any atom is -0.490 e. The molecule has 0 unspecified atom stereocenters. The minimum atomic E-state index is -3.72. The molecule has 7 nitrogen and oxygen atoms in total. The summed E-state index contributed by atoms with van der Waals surface area (Å²) < 4.78 is 62.7. The molecule has 0 aliphatic carbocycles. The maximum absolute atomic E-state index is 13.7. The second-order valence-corrected chi connectivity index (χ2v) is 6.48. The highest BCUT2D eigenvalue weighted by atomic mass is 35.5. The summed E-state index contributed by atoms with van der Waals surface area (Å²) >= 11 is 5.12. The number of hydrogen-bond acceptors (Lipinski definition) is 5. The fraction of sp³-hybridized carbons (Fsp3) is 0.278. The van der Waals surface area contributed by atoms with Crippen molar-refractivity contribution in [2.45, 2.75) is 25.8 Å². The number of aryl methyl sites for hydroxylation is 1. The number of nitrogens with one attached hydrogen (secondary N) is 1. The second-order valence-electron chi connectivity index (χ2n) is 6.01. The number of halogens is 5. The van der Waals surface area contributed by atoms with E-state index in [0.29, 0.717) is 0 Å². The first-order chi connectivity index (χ1) is 14.1. The average molecular weight is 447 g/mol. The standard InChI is InChI=1S/C18H15ClF4N4O3/c1-3-29-13-7-10(4-5-12(13)30-17(20)21)25-16(28)11-8-15-24-9(2)6-14(18(19,22)23)27(15)26-11/h4-8,17H,3H2,1-2H3,(H,25,28). The van der Waals surface area contributed by atoms with Crippen LogP contribution in [0.2, 0.25) is 0 Å². The van der Waals surface area contributed by atoms with Crippen molar-refractivity contribution in [1.29, 1.82) is 0 Å². The molecule has 2 heterocycles. The van der Waals surface area contributed by atoms with Gasteiger partial charge in [-0.1, -0.05) is 0 Å². The van der Waals surface area contributed by atoms with E-state index in [0.717, 1.165) is 10.6 Å². The fourth-order valence-corrected chi connectivity index (χ4v) is 2.79. The molecule has 0 aliphatic heterocycles. The van der Waals surface area contributed by atoms with E-state index in [1.807, 2.05) is 0 Å². The van der Waals surface area contributed by atoms with Crippen LogP contribution in [0.1, 0.15) is 28.8 Å². The number of alkyl halides is 5. The number of rotatable bonds is 7. The van der Waals surface area contributed by atoms with Gasteiger partial charge >= 0.3 is 12.0 Å². The van der Waals surface area contributed by atoms with Gasteiger partial charge in [-0.3, -0.25) is 4.79 Å². The normalized spacial score (nSPS) is 11.7. The summed E-state index contributed by atoms with van der Waals surface area (Å²) in [7, 11) is 0. The third-order valence-electron chi connectivity index (χ3n) is 3.80. The number of nitrogens with zero attached hydrogens (tertiary/aromatic N) is 3. The summed E-state index contributed by atoms with van der Waals surface area (Å²) in [6, 6.07) is 6.08. The van der Waals surface area contributed by atoms with Crippen molar-refractivity contribution in [3.8, 4) is 11.5 Å². The molecule has 160 valence electrons. The first kappa shape index (κ1) is 21.6.